The summed E-state index contributed by atoms with van der Waals surface area (Å²) in [6.07, 6.45) is 1.91. The number of aromatic nitrogens is 1. The molecule has 1 amide bonds. The molecule has 0 aromatic carbocycles. The Morgan fingerprint density at radius 1 is 1.53 bits per heavy atom. The lowest BCUT2D eigenvalue weighted by Crippen LogP contribution is -2.35. The number of amides is 1. The monoisotopic (exact) mass is 263 g/mol. The Balaban J connectivity index is 2.04. The minimum Gasteiger partial charge on any atom is -0.379 e. The number of pyridine rings is 1. The number of carbonyl (C=O) groups excluding carboxylic acids is 1. The second-order valence-electron chi connectivity index (χ2n) is 4.84. The number of carbonyl (C=O) groups is 1. The average molecular weight is 263 g/mol. The Hall–Kier alpha value is -1.62. The Morgan fingerprint density at radius 2 is 2.37 bits per heavy atom. The van der Waals surface area contributed by atoms with Crippen molar-refractivity contribution >= 4 is 11.7 Å². The molecule has 1 fully saturated rings. The molecule has 1 atom stereocenters. The quantitative estimate of drug-likeness (QED) is 0.849. The number of hydrogen-bond acceptors (Lipinski definition) is 4. The molecule has 5 heteroatoms. The molecule has 1 saturated heterocycles. The Morgan fingerprint density at radius 3 is 3.05 bits per heavy atom. The SMILES string of the molecule is CCCNc1cc(C(=O)NC2CCOC2)cc(C)n1. The molecule has 1 aliphatic heterocycles. The van der Waals surface area contributed by atoms with Gasteiger partial charge in [-0.3, -0.25) is 4.79 Å². The molecule has 0 bridgehead atoms. The van der Waals surface area contributed by atoms with Crippen molar-refractivity contribution in [3.05, 3.63) is 23.4 Å². The lowest BCUT2D eigenvalue weighted by Gasteiger charge is -2.12. The van der Waals surface area contributed by atoms with Gasteiger partial charge in [-0.1, -0.05) is 6.92 Å². The van der Waals surface area contributed by atoms with E-state index in [1.165, 1.54) is 0 Å². The summed E-state index contributed by atoms with van der Waals surface area (Å²) in [6, 6.07) is 3.74. The van der Waals surface area contributed by atoms with E-state index in [2.05, 4.69) is 22.5 Å². The van der Waals surface area contributed by atoms with Crippen LogP contribution in [0.25, 0.3) is 0 Å². The maximum absolute atomic E-state index is 12.2. The van der Waals surface area contributed by atoms with Crippen LogP contribution in [0.5, 0.6) is 0 Å². The first-order valence-electron chi connectivity index (χ1n) is 6.80. The van der Waals surface area contributed by atoms with E-state index >= 15 is 0 Å². The van der Waals surface area contributed by atoms with Crippen LogP contribution in [0.4, 0.5) is 5.82 Å². The van der Waals surface area contributed by atoms with Crippen LogP contribution < -0.4 is 10.6 Å². The lowest BCUT2D eigenvalue weighted by molar-refractivity contribution is 0.0929. The summed E-state index contributed by atoms with van der Waals surface area (Å²) in [4.78, 5) is 16.5. The van der Waals surface area contributed by atoms with E-state index in [0.29, 0.717) is 12.2 Å². The van der Waals surface area contributed by atoms with Gasteiger partial charge in [0.15, 0.2) is 0 Å². The highest BCUT2D eigenvalue weighted by Gasteiger charge is 2.19. The smallest absolute Gasteiger partial charge is 0.251 e. The standard InChI is InChI=1S/C14H21N3O2/c1-3-5-15-13-8-11(7-10(2)16-13)14(18)17-12-4-6-19-9-12/h7-8,12H,3-6,9H2,1-2H3,(H,15,16)(H,17,18). The van der Waals surface area contributed by atoms with Crippen molar-refractivity contribution in [3.8, 4) is 0 Å². The second-order valence-corrected chi connectivity index (χ2v) is 4.84. The third-order valence-corrected chi connectivity index (χ3v) is 3.04. The van der Waals surface area contributed by atoms with Crippen molar-refractivity contribution in [1.29, 1.82) is 0 Å². The van der Waals surface area contributed by atoms with Crippen LogP contribution in [-0.2, 0) is 4.74 Å². The minimum atomic E-state index is -0.0550. The Kier molecular flexibility index (Phi) is 4.74. The van der Waals surface area contributed by atoms with E-state index in [1.807, 2.05) is 13.0 Å². The number of ether oxygens (including phenoxy) is 1. The average Bonchev–Trinajstić information content (AvgIpc) is 2.88. The van der Waals surface area contributed by atoms with E-state index in [0.717, 1.165) is 37.5 Å². The van der Waals surface area contributed by atoms with Crippen LogP contribution in [0.1, 0.15) is 35.8 Å². The first-order valence-corrected chi connectivity index (χ1v) is 6.80. The van der Waals surface area contributed by atoms with Crippen molar-refractivity contribution in [2.45, 2.75) is 32.7 Å². The summed E-state index contributed by atoms with van der Waals surface area (Å²) in [5.41, 5.74) is 1.49. The number of rotatable bonds is 5. The van der Waals surface area contributed by atoms with Crippen molar-refractivity contribution in [2.75, 3.05) is 25.1 Å². The molecule has 2 heterocycles. The molecule has 1 unspecified atom stereocenters. The number of nitrogens with one attached hydrogen (secondary N) is 2. The van der Waals surface area contributed by atoms with E-state index in [4.69, 9.17) is 4.74 Å². The summed E-state index contributed by atoms with van der Waals surface area (Å²) in [5.74, 6) is 0.704. The predicted molar refractivity (Wildman–Crippen MR) is 74.4 cm³/mol. The van der Waals surface area contributed by atoms with Crippen molar-refractivity contribution < 1.29 is 9.53 Å². The van der Waals surface area contributed by atoms with Gasteiger partial charge in [0.05, 0.1) is 12.6 Å². The maximum Gasteiger partial charge on any atom is 0.251 e. The third-order valence-electron chi connectivity index (χ3n) is 3.04. The molecule has 0 saturated carbocycles. The number of anilines is 1. The fraction of sp³-hybridized carbons (Fsp3) is 0.571. The molecule has 0 radical (unpaired) electrons. The van der Waals surface area contributed by atoms with Gasteiger partial charge in [-0.15, -0.1) is 0 Å². The van der Waals surface area contributed by atoms with Crippen LogP contribution in [-0.4, -0.2) is 36.7 Å². The molecule has 1 aromatic rings. The van der Waals surface area contributed by atoms with Crippen molar-refractivity contribution in [1.82, 2.24) is 10.3 Å². The van der Waals surface area contributed by atoms with E-state index in [-0.39, 0.29) is 11.9 Å². The van der Waals surface area contributed by atoms with Gasteiger partial charge in [0.25, 0.3) is 5.91 Å². The normalized spacial score (nSPS) is 18.3. The fourth-order valence-corrected chi connectivity index (χ4v) is 2.06. The summed E-state index contributed by atoms with van der Waals surface area (Å²) < 4.78 is 5.25. The molecule has 1 aromatic heterocycles. The zero-order valence-electron chi connectivity index (χ0n) is 11.5. The van der Waals surface area contributed by atoms with E-state index < -0.39 is 0 Å². The molecule has 2 N–H and O–H groups in total. The van der Waals surface area contributed by atoms with Crippen LogP contribution in [0.2, 0.25) is 0 Å². The van der Waals surface area contributed by atoms with Gasteiger partial charge in [0.1, 0.15) is 5.82 Å². The third kappa shape index (κ3) is 3.92. The van der Waals surface area contributed by atoms with Crippen LogP contribution in [0, 0.1) is 6.92 Å². The summed E-state index contributed by atoms with van der Waals surface area (Å²) in [5, 5.41) is 6.19. The van der Waals surface area contributed by atoms with Gasteiger partial charge < -0.3 is 15.4 Å². The molecule has 2 rings (SSSR count). The van der Waals surface area contributed by atoms with Gasteiger partial charge in [-0.05, 0) is 31.9 Å². The van der Waals surface area contributed by atoms with Crippen molar-refractivity contribution in [3.63, 3.8) is 0 Å². The van der Waals surface area contributed by atoms with Crippen LogP contribution in [0.3, 0.4) is 0 Å². The highest BCUT2D eigenvalue weighted by atomic mass is 16.5. The predicted octanol–water partition coefficient (Wildman–Crippen LogP) is 1.73. The molecule has 5 nitrogen and oxygen atoms in total. The largest absolute Gasteiger partial charge is 0.379 e. The molecule has 0 aliphatic carbocycles. The molecular formula is C14H21N3O2. The molecule has 0 spiro atoms. The van der Waals surface area contributed by atoms with E-state index in [1.54, 1.807) is 6.07 Å². The molecule has 19 heavy (non-hydrogen) atoms. The number of aryl methyl sites for hydroxylation is 1. The summed E-state index contributed by atoms with van der Waals surface area (Å²) in [6.45, 7) is 6.18. The van der Waals surface area contributed by atoms with Gasteiger partial charge in [-0.25, -0.2) is 4.98 Å². The maximum atomic E-state index is 12.2. The zero-order valence-corrected chi connectivity index (χ0v) is 11.5. The Labute approximate surface area is 113 Å². The molecular weight excluding hydrogens is 242 g/mol. The topological polar surface area (TPSA) is 63.2 Å². The first-order chi connectivity index (χ1) is 9.19. The first kappa shape index (κ1) is 13.8. The van der Waals surface area contributed by atoms with Gasteiger partial charge in [0.2, 0.25) is 0 Å². The minimum absolute atomic E-state index is 0.0550. The molecule has 1 aliphatic rings. The van der Waals surface area contributed by atoms with Crippen LogP contribution >= 0.6 is 0 Å². The number of hydrogen-bond donors (Lipinski definition) is 2. The van der Waals surface area contributed by atoms with E-state index in [9.17, 15) is 4.79 Å². The van der Waals surface area contributed by atoms with Gasteiger partial charge in [-0.2, -0.15) is 0 Å². The number of nitrogens with zero attached hydrogens (tertiary/aromatic N) is 1. The van der Waals surface area contributed by atoms with Gasteiger partial charge in [0, 0.05) is 24.4 Å². The highest BCUT2D eigenvalue weighted by Crippen LogP contribution is 2.12. The molecule has 104 valence electrons. The van der Waals surface area contributed by atoms with Gasteiger partial charge >= 0.3 is 0 Å². The fourth-order valence-electron chi connectivity index (χ4n) is 2.06. The lowest BCUT2D eigenvalue weighted by atomic mass is 10.2. The van der Waals surface area contributed by atoms with Crippen LogP contribution in [0.15, 0.2) is 12.1 Å². The summed E-state index contributed by atoms with van der Waals surface area (Å²) >= 11 is 0. The Bertz CT molecular complexity index is 442. The second kappa shape index (κ2) is 6.52. The van der Waals surface area contributed by atoms with Crippen molar-refractivity contribution in [2.24, 2.45) is 0 Å². The highest BCUT2D eigenvalue weighted by molar-refractivity contribution is 5.95. The zero-order chi connectivity index (χ0) is 13.7. The summed E-state index contributed by atoms with van der Waals surface area (Å²) in [7, 11) is 0.